The maximum absolute atomic E-state index is 13.4. The molecular weight excluding hydrogens is 291 g/mol. The molecule has 0 unspecified atom stereocenters. The van der Waals surface area contributed by atoms with Gasteiger partial charge in [-0.1, -0.05) is 6.07 Å². The first kappa shape index (κ1) is 16.2. The Bertz CT molecular complexity index is 602. The van der Waals surface area contributed by atoms with Gasteiger partial charge in [-0.2, -0.15) is 0 Å². The lowest BCUT2D eigenvalue weighted by molar-refractivity contribution is 0.476. The summed E-state index contributed by atoms with van der Waals surface area (Å²) in [7, 11) is 0.934. The van der Waals surface area contributed by atoms with Crippen LogP contribution in [-0.2, 0) is 9.84 Å². The number of hydrogen-bond donors (Lipinski definition) is 1. The second kappa shape index (κ2) is 6.32. The second-order valence-electron chi connectivity index (χ2n) is 6.00. The lowest BCUT2D eigenvalue weighted by Gasteiger charge is -2.23. The fourth-order valence-electron chi connectivity index (χ4n) is 2.76. The maximum atomic E-state index is 13.4. The minimum atomic E-state index is -2.83. The van der Waals surface area contributed by atoms with Gasteiger partial charge in [-0.05, 0) is 43.5 Å². The van der Waals surface area contributed by atoms with Crippen molar-refractivity contribution >= 4 is 15.5 Å². The van der Waals surface area contributed by atoms with Gasteiger partial charge in [0.2, 0.25) is 0 Å². The molecule has 21 heavy (non-hydrogen) atoms. The summed E-state index contributed by atoms with van der Waals surface area (Å²) in [5, 5.41) is 3.38. The molecule has 118 valence electrons. The summed E-state index contributed by atoms with van der Waals surface area (Å²) in [6.45, 7) is 2.69. The van der Waals surface area contributed by atoms with Crippen molar-refractivity contribution < 1.29 is 12.8 Å². The van der Waals surface area contributed by atoms with E-state index in [-0.39, 0.29) is 23.5 Å². The molecule has 6 heteroatoms. The number of nitrogens with zero attached hydrogens (tertiary/aromatic N) is 1. The Morgan fingerprint density at radius 3 is 2.71 bits per heavy atom. The van der Waals surface area contributed by atoms with Crippen molar-refractivity contribution in [3.05, 3.63) is 29.6 Å². The van der Waals surface area contributed by atoms with Crippen LogP contribution in [0.25, 0.3) is 0 Å². The second-order valence-corrected chi connectivity index (χ2v) is 8.23. The number of sulfone groups is 1. The summed E-state index contributed by atoms with van der Waals surface area (Å²) in [5.74, 6) is 0.501. The predicted octanol–water partition coefficient (Wildman–Crippen LogP) is 1.98. The van der Waals surface area contributed by atoms with E-state index in [0.29, 0.717) is 12.3 Å². The summed E-state index contributed by atoms with van der Waals surface area (Å²) < 4.78 is 36.3. The van der Waals surface area contributed by atoms with Gasteiger partial charge in [0.1, 0.15) is 5.82 Å². The topological polar surface area (TPSA) is 49.4 Å². The normalized spacial score (nSPS) is 22.2. The largest absolute Gasteiger partial charge is 0.377 e. The molecule has 1 fully saturated rings. The summed E-state index contributed by atoms with van der Waals surface area (Å²) in [6.07, 6.45) is 0.728. The Morgan fingerprint density at radius 2 is 2.14 bits per heavy atom. The summed E-state index contributed by atoms with van der Waals surface area (Å²) in [4.78, 5) is 1.89. The van der Waals surface area contributed by atoms with Gasteiger partial charge in [-0.15, -0.1) is 0 Å². The average Bonchev–Trinajstić information content (AvgIpc) is 2.75. The lowest BCUT2D eigenvalue weighted by atomic mass is 10.0. The first-order valence-corrected chi connectivity index (χ1v) is 9.01. The van der Waals surface area contributed by atoms with Crippen LogP contribution in [-0.4, -0.2) is 40.6 Å². The molecule has 1 aliphatic rings. The van der Waals surface area contributed by atoms with E-state index in [1.807, 2.05) is 25.9 Å². The van der Waals surface area contributed by atoms with Crippen LogP contribution in [0.4, 0.5) is 10.1 Å². The van der Waals surface area contributed by atoms with E-state index in [4.69, 9.17) is 0 Å². The summed E-state index contributed by atoms with van der Waals surface area (Å²) in [5.41, 5.74) is 1.86. The van der Waals surface area contributed by atoms with E-state index in [1.54, 1.807) is 6.07 Å². The first-order valence-electron chi connectivity index (χ1n) is 7.19. The molecule has 1 aromatic rings. The van der Waals surface area contributed by atoms with Crippen molar-refractivity contribution in [2.45, 2.75) is 19.4 Å². The van der Waals surface area contributed by atoms with Gasteiger partial charge < -0.3 is 10.2 Å². The Hall–Kier alpha value is -1.14. The molecule has 0 spiro atoms. The van der Waals surface area contributed by atoms with Gasteiger partial charge in [0.25, 0.3) is 0 Å². The molecule has 1 heterocycles. The van der Waals surface area contributed by atoms with E-state index in [0.717, 1.165) is 17.7 Å². The van der Waals surface area contributed by atoms with Gasteiger partial charge in [0, 0.05) is 25.8 Å². The van der Waals surface area contributed by atoms with Crippen molar-refractivity contribution in [1.29, 1.82) is 0 Å². The third kappa shape index (κ3) is 4.17. The van der Waals surface area contributed by atoms with Crippen LogP contribution in [0.15, 0.2) is 18.2 Å². The number of hydrogen-bond acceptors (Lipinski definition) is 4. The fourth-order valence-corrected chi connectivity index (χ4v) is 4.62. The Morgan fingerprint density at radius 1 is 1.43 bits per heavy atom. The molecule has 0 aromatic heterocycles. The van der Waals surface area contributed by atoms with E-state index in [1.165, 1.54) is 12.1 Å². The third-order valence-electron chi connectivity index (χ3n) is 3.98. The molecule has 0 bridgehead atoms. The monoisotopic (exact) mass is 314 g/mol. The molecule has 2 atom stereocenters. The van der Waals surface area contributed by atoms with Crippen LogP contribution in [0.5, 0.6) is 0 Å². The maximum Gasteiger partial charge on any atom is 0.150 e. The van der Waals surface area contributed by atoms with Crippen molar-refractivity contribution in [3.63, 3.8) is 0 Å². The van der Waals surface area contributed by atoms with Gasteiger partial charge in [-0.3, -0.25) is 0 Å². The minimum absolute atomic E-state index is 0.0475. The molecule has 0 aliphatic carbocycles. The third-order valence-corrected chi connectivity index (χ3v) is 5.82. The van der Waals surface area contributed by atoms with E-state index >= 15 is 0 Å². The number of benzene rings is 1. The number of anilines is 1. The molecule has 0 amide bonds. The highest BCUT2D eigenvalue weighted by Crippen LogP contribution is 2.26. The number of halogens is 1. The predicted molar refractivity (Wildman–Crippen MR) is 83.9 cm³/mol. The highest BCUT2D eigenvalue weighted by molar-refractivity contribution is 7.91. The fraction of sp³-hybridized carbons (Fsp3) is 0.600. The zero-order valence-electron chi connectivity index (χ0n) is 12.8. The molecule has 2 rings (SSSR count). The van der Waals surface area contributed by atoms with Crippen LogP contribution in [0.1, 0.15) is 24.9 Å². The molecular formula is C15H23FN2O2S. The molecule has 0 radical (unpaired) electrons. The Labute approximate surface area is 126 Å². The Balaban J connectivity index is 2.02. The van der Waals surface area contributed by atoms with Crippen molar-refractivity contribution in [1.82, 2.24) is 5.32 Å². The lowest BCUT2D eigenvalue weighted by Crippen LogP contribution is -2.27. The van der Waals surface area contributed by atoms with Gasteiger partial charge in [-0.25, -0.2) is 12.8 Å². The zero-order valence-corrected chi connectivity index (χ0v) is 13.6. The van der Waals surface area contributed by atoms with E-state index < -0.39 is 9.84 Å². The molecule has 1 aromatic carbocycles. The van der Waals surface area contributed by atoms with Crippen LogP contribution >= 0.6 is 0 Å². The quantitative estimate of drug-likeness (QED) is 0.903. The molecule has 1 N–H and O–H groups in total. The van der Waals surface area contributed by atoms with Gasteiger partial charge >= 0.3 is 0 Å². The first-order chi connectivity index (χ1) is 9.78. The van der Waals surface area contributed by atoms with E-state index in [9.17, 15) is 12.8 Å². The van der Waals surface area contributed by atoms with Crippen molar-refractivity contribution in [2.75, 3.05) is 37.0 Å². The van der Waals surface area contributed by atoms with Crippen LogP contribution < -0.4 is 10.2 Å². The highest BCUT2D eigenvalue weighted by atomic mass is 32.2. The van der Waals surface area contributed by atoms with Gasteiger partial charge in [0.15, 0.2) is 9.84 Å². The minimum Gasteiger partial charge on any atom is -0.377 e. The summed E-state index contributed by atoms with van der Waals surface area (Å²) in [6, 6.07) is 4.81. The van der Waals surface area contributed by atoms with Crippen molar-refractivity contribution in [3.8, 4) is 0 Å². The summed E-state index contributed by atoms with van der Waals surface area (Å²) >= 11 is 0. The van der Waals surface area contributed by atoms with Gasteiger partial charge in [0.05, 0.1) is 11.5 Å². The molecule has 1 saturated heterocycles. The molecule has 0 saturated carbocycles. The SMILES string of the molecule is C[C@@H](NC[C@@H]1CCS(=O)(=O)C1)c1ccc(F)cc1N(C)C. The van der Waals surface area contributed by atoms with Crippen LogP contribution in [0.2, 0.25) is 0 Å². The molecule has 1 aliphatic heterocycles. The van der Waals surface area contributed by atoms with Crippen LogP contribution in [0, 0.1) is 11.7 Å². The zero-order chi connectivity index (χ0) is 15.6. The Kier molecular flexibility index (Phi) is 4.88. The van der Waals surface area contributed by atoms with Crippen LogP contribution in [0.3, 0.4) is 0 Å². The molecule has 4 nitrogen and oxygen atoms in total. The van der Waals surface area contributed by atoms with Crippen molar-refractivity contribution in [2.24, 2.45) is 5.92 Å². The number of nitrogens with one attached hydrogen (secondary N) is 1. The standard InChI is InChI=1S/C15H23FN2O2S/c1-11(17-9-12-6-7-21(19,20)10-12)14-5-4-13(16)8-15(14)18(2)3/h4-5,8,11-12,17H,6-7,9-10H2,1-3H3/t11-,12+/m1/s1. The smallest absolute Gasteiger partial charge is 0.150 e. The number of rotatable bonds is 5. The highest BCUT2D eigenvalue weighted by Gasteiger charge is 2.28. The average molecular weight is 314 g/mol. The van der Waals surface area contributed by atoms with E-state index in [2.05, 4.69) is 5.32 Å².